The molecule has 0 radical (unpaired) electrons. The van der Waals surface area contributed by atoms with E-state index in [1.807, 2.05) is 65.2 Å². The first-order valence-corrected chi connectivity index (χ1v) is 11.4. The molecule has 4 rings (SSSR count). The SMILES string of the molecule is Nc1cccc(-c2nnc(SCC(=O)Nc3ccc(Br)cc3Cl)n2-c2ccccc2)c1. The number of nitrogen functional groups attached to an aromatic ring is 1. The third kappa shape index (κ3) is 5.10. The van der Waals surface area contributed by atoms with Crippen molar-refractivity contribution in [3.05, 3.63) is 82.3 Å². The number of para-hydroxylation sites is 1. The normalized spacial score (nSPS) is 10.8. The Balaban J connectivity index is 1.59. The van der Waals surface area contributed by atoms with E-state index in [0.29, 0.717) is 27.4 Å². The molecule has 0 atom stereocenters. The fraction of sp³-hybridized carbons (Fsp3) is 0.0455. The van der Waals surface area contributed by atoms with E-state index in [4.69, 9.17) is 17.3 Å². The molecule has 0 fully saturated rings. The van der Waals surface area contributed by atoms with Crippen molar-refractivity contribution in [2.24, 2.45) is 0 Å². The van der Waals surface area contributed by atoms with Crippen molar-refractivity contribution in [2.45, 2.75) is 5.16 Å². The van der Waals surface area contributed by atoms with E-state index in [2.05, 4.69) is 31.4 Å². The van der Waals surface area contributed by atoms with Crippen molar-refractivity contribution >= 4 is 56.6 Å². The summed E-state index contributed by atoms with van der Waals surface area (Å²) in [6, 6.07) is 22.5. The van der Waals surface area contributed by atoms with Gasteiger partial charge in [-0.3, -0.25) is 9.36 Å². The second kappa shape index (κ2) is 9.55. The molecule has 31 heavy (non-hydrogen) atoms. The van der Waals surface area contributed by atoms with Gasteiger partial charge in [-0.25, -0.2) is 0 Å². The van der Waals surface area contributed by atoms with Crippen molar-refractivity contribution < 1.29 is 4.79 Å². The Morgan fingerprint density at radius 1 is 1.06 bits per heavy atom. The molecule has 0 aliphatic heterocycles. The molecule has 0 aliphatic rings. The first-order valence-electron chi connectivity index (χ1n) is 9.26. The third-order valence-electron chi connectivity index (χ3n) is 4.33. The molecular formula is C22H17BrClN5OS. The zero-order valence-corrected chi connectivity index (χ0v) is 19.3. The van der Waals surface area contributed by atoms with E-state index >= 15 is 0 Å². The summed E-state index contributed by atoms with van der Waals surface area (Å²) in [6.07, 6.45) is 0. The van der Waals surface area contributed by atoms with Crippen molar-refractivity contribution in [1.29, 1.82) is 0 Å². The maximum atomic E-state index is 12.5. The number of carbonyl (C=O) groups is 1. The highest BCUT2D eigenvalue weighted by Crippen LogP contribution is 2.29. The van der Waals surface area contributed by atoms with Crippen LogP contribution < -0.4 is 11.1 Å². The van der Waals surface area contributed by atoms with Crippen LogP contribution >= 0.6 is 39.3 Å². The van der Waals surface area contributed by atoms with Crippen molar-refractivity contribution in [1.82, 2.24) is 14.8 Å². The summed E-state index contributed by atoms with van der Waals surface area (Å²) in [5, 5.41) is 12.6. The van der Waals surface area contributed by atoms with Gasteiger partial charge in [-0.1, -0.05) is 69.6 Å². The number of halogens is 2. The average Bonchev–Trinajstić information content (AvgIpc) is 3.19. The minimum absolute atomic E-state index is 0.147. The third-order valence-corrected chi connectivity index (χ3v) is 6.07. The monoisotopic (exact) mass is 513 g/mol. The quantitative estimate of drug-likeness (QED) is 0.256. The molecule has 0 saturated carbocycles. The smallest absolute Gasteiger partial charge is 0.234 e. The summed E-state index contributed by atoms with van der Waals surface area (Å²) in [7, 11) is 0. The van der Waals surface area contributed by atoms with Gasteiger partial charge in [-0.15, -0.1) is 10.2 Å². The molecule has 0 unspecified atom stereocenters. The zero-order chi connectivity index (χ0) is 21.8. The van der Waals surface area contributed by atoms with Crippen LogP contribution in [0.25, 0.3) is 17.1 Å². The van der Waals surface area contributed by atoms with Crippen LogP contribution in [0.3, 0.4) is 0 Å². The summed E-state index contributed by atoms with van der Waals surface area (Å²) in [6.45, 7) is 0. The minimum atomic E-state index is -0.192. The zero-order valence-electron chi connectivity index (χ0n) is 16.1. The predicted molar refractivity (Wildman–Crippen MR) is 130 cm³/mol. The maximum absolute atomic E-state index is 12.5. The molecule has 0 aliphatic carbocycles. The minimum Gasteiger partial charge on any atom is -0.399 e. The van der Waals surface area contributed by atoms with Crippen molar-refractivity contribution in [3.8, 4) is 17.1 Å². The van der Waals surface area contributed by atoms with Gasteiger partial charge >= 0.3 is 0 Å². The maximum Gasteiger partial charge on any atom is 0.234 e. The van der Waals surface area contributed by atoms with Gasteiger partial charge in [0.1, 0.15) is 0 Å². The largest absolute Gasteiger partial charge is 0.399 e. The Morgan fingerprint density at radius 3 is 2.61 bits per heavy atom. The molecule has 156 valence electrons. The predicted octanol–water partition coefficient (Wildman–Crippen LogP) is 5.66. The number of nitrogens with one attached hydrogen (secondary N) is 1. The summed E-state index contributed by atoms with van der Waals surface area (Å²) in [5.41, 5.74) is 8.88. The Kier molecular flexibility index (Phi) is 6.60. The lowest BCUT2D eigenvalue weighted by molar-refractivity contribution is -0.113. The Labute approximate surface area is 197 Å². The molecule has 1 heterocycles. The summed E-state index contributed by atoms with van der Waals surface area (Å²) in [5.74, 6) is 0.605. The number of carbonyl (C=O) groups excluding carboxylic acids is 1. The first-order chi connectivity index (χ1) is 15.0. The molecule has 6 nitrogen and oxygen atoms in total. The van der Waals surface area contributed by atoms with Crippen LogP contribution in [0.5, 0.6) is 0 Å². The summed E-state index contributed by atoms with van der Waals surface area (Å²) in [4.78, 5) is 12.5. The van der Waals surface area contributed by atoms with Gasteiger partial charge in [0, 0.05) is 21.4 Å². The van der Waals surface area contributed by atoms with Gasteiger partial charge in [-0.2, -0.15) is 0 Å². The lowest BCUT2D eigenvalue weighted by Crippen LogP contribution is -2.15. The van der Waals surface area contributed by atoms with Gasteiger partial charge in [-0.05, 0) is 42.5 Å². The number of anilines is 2. The van der Waals surface area contributed by atoms with Crippen LogP contribution in [0.15, 0.2) is 82.4 Å². The lowest BCUT2D eigenvalue weighted by Gasteiger charge is -2.11. The van der Waals surface area contributed by atoms with E-state index in [1.165, 1.54) is 11.8 Å². The molecule has 0 bridgehead atoms. The number of aromatic nitrogens is 3. The lowest BCUT2D eigenvalue weighted by atomic mass is 10.2. The van der Waals surface area contributed by atoms with Crippen LogP contribution in [0, 0.1) is 0 Å². The average molecular weight is 515 g/mol. The molecule has 1 aromatic heterocycles. The Hall–Kier alpha value is -2.81. The highest BCUT2D eigenvalue weighted by Gasteiger charge is 2.17. The fourth-order valence-electron chi connectivity index (χ4n) is 2.95. The van der Waals surface area contributed by atoms with Crippen LogP contribution in [-0.2, 0) is 4.79 Å². The molecular weight excluding hydrogens is 498 g/mol. The van der Waals surface area contributed by atoms with Gasteiger partial charge in [0.05, 0.1) is 16.5 Å². The molecule has 0 saturated heterocycles. The topological polar surface area (TPSA) is 85.8 Å². The van der Waals surface area contributed by atoms with Gasteiger partial charge in [0.2, 0.25) is 5.91 Å². The highest BCUT2D eigenvalue weighted by atomic mass is 79.9. The highest BCUT2D eigenvalue weighted by molar-refractivity contribution is 9.10. The number of nitrogens with two attached hydrogens (primary N) is 1. The number of benzene rings is 3. The van der Waals surface area contributed by atoms with E-state index < -0.39 is 0 Å². The summed E-state index contributed by atoms with van der Waals surface area (Å²) < 4.78 is 2.76. The standard InChI is InChI=1S/C22H17BrClN5OS/c23-15-9-10-19(18(24)12-15)26-20(30)13-31-22-28-27-21(14-5-4-6-16(25)11-14)29(22)17-7-2-1-3-8-17/h1-12H,13,25H2,(H,26,30). The number of hydrogen-bond acceptors (Lipinski definition) is 5. The first kappa shape index (κ1) is 21.4. The van der Waals surface area contributed by atoms with Crippen molar-refractivity contribution in [3.63, 3.8) is 0 Å². The van der Waals surface area contributed by atoms with Gasteiger partial charge < -0.3 is 11.1 Å². The molecule has 1 amide bonds. The number of amides is 1. The van der Waals surface area contributed by atoms with E-state index in [1.54, 1.807) is 12.1 Å². The molecule has 3 N–H and O–H groups in total. The number of rotatable bonds is 6. The van der Waals surface area contributed by atoms with E-state index in [-0.39, 0.29) is 11.7 Å². The number of thioether (sulfide) groups is 1. The van der Waals surface area contributed by atoms with Gasteiger partial charge in [0.25, 0.3) is 0 Å². The van der Waals surface area contributed by atoms with E-state index in [9.17, 15) is 4.79 Å². The fourth-order valence-corrected chi connectivity index (χ4v) is 4.42. The Morgan fingerprint density at radius 2 is 1.87 bits per heavy atom. The van der Waals surface area contributed by atoms with Gasteiger partial charge in [0.15, 0.2) is 11.0 Å². The summed E-state index contributed by atoms with van der Waals surface area (Å²) >= 11 is 10.8. The molecule has 0 spiro atoms. The number of nitrogens with zero attached hydrogens (tertiary/aromatic N) is 3. The van der Waals surface area contributed by atoms with Crippen LogP contribution in [0.1, 0.15) is 0 Å². The van der Waals surface area contributed by atoms with Crippen molar-refractivity contribution in [2.75, 3.05) is 16.8 Å². The second-order valence-corrected chi connectivity index (χ2v) is 8.83. The molecule has 4 aromatic rings. The number of hydrogen-bond donors (Lipinski definition) is 2. The van der Waals surface area contributed by atoms with Crippen LogP contribution in [0.4, 0.5) is 11.4 Å². The van der Waals surface area contributed by atoms with Crippen LogP contribution in [-0.4, -0.2) is 26.4 Å². The van der Waals surface area contributed by atoms with Crippen LogP contribution in [0.2, 0.25) is 5.02 Å². The second-order valence-electron chi connectivity index (χ2n) is 6.56. The van der Waals surface area contributed by atoms with E-state index in [0.717, 1.165) is 15.7 Å². The molecule has 9 heteroatoms. The Bertz CT molecular complexity index is 1230. The molecule has 3 aromatic carbocycles.